The molecule has 296 valence electrons. The second-order valence-electron chi connectivity index (χ2n) is 14.4. The minimum atomic E-state index is -4.50. The minimum Gasteiger partial charge on any atom is -0.479 e. The molecule has 0 aliphatic heterocycles. The smallest absolute Gasteiger partial charge is 0.320 e. The van der Waals surface area contributed by atoms with Crippen LogP contribution in [0.4, 0.5) is 33.0 Å². The maximum absolute atomic E-state index is 11.8. The Morgan fingerprint density at radius 2 is 1.02 bits per heavy atom. The lowest BCUT2D eigenvalue weighted by Crippen LogP contribution is -2.16. The van der Waals surface area contributed by atoms with Crippen LogP contribution in [0.15, 0.2) is 66.6 Å². The Bertz CT molecular complexity index is 2840. The first-order valence-electron chi connectivity index (χ1n) is 16.3. The van der Waals surface area contributed by atoms with Crippen molar-refractivity contribution in [3.63, 3.8) is 0 Å². The fraction of sp³-hybridized carbons (Fsp3) is 0.258. The first kappa shape index (κ1) is 39.3. The van der Waals surface area contributed by atoms with Gasteiger partial charge in [-0.1, -0.05) is 41.5 Å². The summed E-state index contributed by atoms with van der Waals surface area (Å²) in [7, 11) is -9.00. The van der Waals surface area contributed by atoms with E-state index in [9.17, 15) is 31.0 Å². The summed E-state index contributed by atoms with van der Waals surface area (Å²) in [6.07, 6.45) is 0. The Morgan fingerprint density at radius 1 is 0.632 bits per heavy atom. The lowest BCUT2D eigenvalue weighted by atomic mass is 9.91. The van der Waals surface area contributed by atoms with Gasteiger partial charge in [0.2, 0.25) is 0 Å². The number of benzene rings is 2. The highest BCUT2D eigenvalue weighted by atomic mass is 32.2. The largest absolute Gasteiger partial charge is 0.479 e. The molecule has 2 aromatic carbocycles. The van der Waals surface area contributed by atoms with Gasteiger partial charge in [-0.2, -0.15) is 60.1 Å². The molecule has 5 heterocycles. The molecule has 0 aliphatic carbocycles. The molecule has 0 radical (unpaired) electrons. The van der Waals surface area contributed by atoms with Gasteiger partial charge >= 0.3 is 6.01 Å². The van der Waals surface area contributed by atoms with Crippen LogP contribution in [-0.4, -0.2) is 74.3 Å². The zero-order chi connectivity index (χ0) is 41.4. The van der Waals surface area contributed by atoms with Gasteiger partial charge in [-0.3, -0.25) is 9.11 Å². The molecule has 57 heavy (non-hydrogen) atoms. The summed E-state index contributed by atoms with van der Waals surface area (Å²) < 4.78 is 77.0. The number of fused-ring (bicyclic) bond motifs is 2. The molecule has 0 saturated carbocycles. The Kier molecular flexibility index (Phi) is 9.40. The minimum absolute atomic E-state index is 0.0834. The molecule has 0 fully saturated rings. The molecule has 7 N–H and O–H groups in total. The SMILES string of the molecule is CC(C)(C)c1nn(-c2nc(O)nc(-n3nc(C(C)(C)C)c(N=Nc4snc5ccc(S(=O)(=O)O)cc45)c3N)n2)c(N)c1N=Nc1snc2ccc(S(=O)(=O)O)cc12. The highest BCUT2D eigenvalue weighted by Gasteiger charge is 2.31. The number of azo groups is 2. The van der Waals surface area contributed by atoms with Crippen molar-refractivity contribution >= 4 is 98.1 Å². The fourth-order valence-corrected chi connectivity index (χ4v) is 7.74. The first-order valence-corrected chi connectivity index (χ1v) is 20.7. The Balaban J connectivity index is 1.31. The van der Waals surface area contributed by atoms with E-state index in [2.05, 4.69) is 54.4 Å². The van der Waals surface area contributed by atoms with Gasteiger partial charge < -0.3 is 16.6 Å². The van der Waals surface area contributed by atoms with Crippen LogP contribution in [0.25, 0.3) is 33.7 Å². The lowest BCUT2D eigenvalue weighted by Gasteiger charge is -2.15. The third-order valence-corrected chi connectivity index (χ3v) is 11.3. The Hall–Kier alpha value is -5.93. The summed E-state index contributed by atoms with van der Waals surface area (Å²) in [5.74, 6) is -0.659. The van der Waals surface area contributed by atoms with E-state index >= 15 is 0 Å². The molecular formula is C31H31N15O7S4. The van der Waals surface area contributed by atoms with Crippen molar-refractivity contribution in [1.82, 2.24) is 43.3 Å². The van der Waals surface area contributed by atoms with Crippen molar-refractivity contribution in [2.24, 2.45) is 20.5 Å². The molecule has 7 aromatic rings. The number of aromatic hydroxyl groups is 1. The molecule has 0 amide bonds. The van der Waals surface area contributed by atoms with Crippen LogP contribution in [0.5, 0.6) is 6.01 Å². The van der Waals surface area contributed by atoms with E-state index in [0.717, 1.165) is 32.4 Å². The Morgan fingerprint density at radius 3 is 1.37 bits per heavy atom. The van der Waals surface area contributed by atoms with Crippen LogP contribution in [0.1, 0.15) is 52.9 Å². The number of anilines is 2. The van der Waals surface area contributed by atoms with Crippen LogP contribution in [0, 0.1) is 0 Å². The zero-order valence-electron chi connectivity index (χ0n) is 30.5. The second kappa shape index (κ2) is 13.6. The molecular weight excluding hydrogens is 823 g/mol. The predicted octanol–water partition coefficient (Wildman–Crippen LogP) is 6.25. The average Bonchev–Trinajstić information content (AvgIpc) is 3.87. The molecule has 0 atom stereocenters. The fourth-order valence-electron chi connectivity index (χ4n) is 5.36. The highest BCUT2D eigenvalue weighted by molar-refractivity contribution is 7.86. The quantitative estimate of drug-likeness (QED) is 0.0832. The number of nitrogen functional groups attached to an aromatic ring is 2. The molecule has 0 spiro atoms. The third-order valence-electron chi connectivity index (χ3n) is 8.13. The van der Waals surface area contributed by atoms with Crippen LogP contribution < -0.4 is 11.5 Å². The van der Waals surface area contributed by atoms with Crippen LogP contribution in [-0.2, 0) is 31.1 Å². The van der Waals surface area contributed by atoms with Crippen molar-refractivity contribution in [3.8, 4) is 17.9 Å². The topological polar surface area (TPSA) is 331 Å². The molecule has 26 heteroatoms. The summed E-state index contributed by atoms with van der Waals surface area (Å²) in [5.41, 5.74) is 13.6. The summed E-state index contributed by atoms with van der Waals surface area (Å²) in [4.78, 5) is 11.9. The first-order chi connectivity index (χ1) is 26.5. The van der Waals surface area contributed by atoms with E-state index in [1.165, 1.54) is 36.4 Å². The average molecular weight is 854 g/mol. The maximum Gasteiger partial charge on any atom is 0.320 e. The van der Waals surface area contributed by atoms with Crippen molar-refractivity contribution in [3.05, 3.63) is 47.8 Å². The number of hydrogen-bond donors (Lipinski definition) is 5. The van der Waals surface area contributed by atoms with E-state index < -0.39 is 37.1 Å². The molecule has 0 saturated heterocycles. The number of rotatable bonds is 8. The zero-order valence-corrected chi connectivity index (χ0v) is 33.8. The molecule has 7 rings (SSSR count). The molecule has 22 nitrogen and oxygen atoms in total. The summed E-state index contributed by atoms with van der Waals surface area (Å²) >= 11 is 1.89. The number of hydrogen-bond acceptors (Lipinski definition) is 20. The van der Waals surface area contributed by atoms with E-state index in [4.69, 9.17) is 11.5 Å². The lowest BCUT2D eigenvalue weighted by molar-refractivity contribution is 0.423. The molecule has 5 aromatic heterocycles. The predicted molar refractivity (Wildman–Crippen MR) is 209 cm³/mol. The normalized spacial score (nSPS) is 13.3. The van der Waals surface area contributed by atoms with E-state index in [1.807, 2.05) is 41.5 Å². The number of aromatic nitrogens is 9. The number of nitrogens with zero attached hydrogens (tertiary/aromatic N) is 13. The monoisotopic (exact) mass is 853 g/mol. The standard InChI is InChI=1S/C31H31N15O7S4/c1-30(2,3)21-19(37-39-25-15-11-13(56(48,49)50)7-9-17(15)43-54-25)23(32)45(41-21)27-34-28(36-29(47)35-27)46-24(33)20(22(42-46)31(4,5)6)38-40-26-16-12-14(57(51,52)53)8-10-18(16)44-55-26/h7-12H,32-33H2,1-6H3,(H,48,49,50)(H,51,52,53)(H,34,35,36,47). The summed E-state index contributed by atoms with van der Waals surface area (Å²) in [5, 5.41) is 38.5. The molecule has 0 bridgehead atoms. The summed E-state index contributed by atoms with van der Waals surface area (Å²) in [6, 6.07) is 7.04. The van der Waals surface area contributed by atoms with Gasteiger partial charge in [0.1, 0.15) is 0 Å². The van der Waals surface area contributed by atoms with Crippen molar-refractivity contribution in [2.45, 2.75) is 62.2 Å². The van der Waals surface area contributed by atoms with Gasteiger partial charge in [0.05, 0.1) is 32.2 Å². The Labute approximate surface area is 330 Å². The van der Waals surface area contributed by atoms with Crippen molar-refractivity contribution in [1.29, 1.82) is 0 Å². The highest BCUT2D eigenvalue weighted by Crippen LogP contribution is 2.42. The van der Waals surface area contributed by atoms with Gasteiger partial charge in [-0.05, 0) is 59.5 Å². The van der Waals surface area contributed by atoms with Gasteiger partial charge in [-0.25, -0.2) is 0 Å². The van der Waals surface area contributed by atoms with Crippen molar-refractivity contribution in [2.75, 3.05) is 11.5 Å². The molecule has 0 aliphatic rings. The van der Waals surface area contributed by atoms with E-state index in [0.29, 0.717) is 33.2 Å². The third kappa shape index (κ3) is 7.52. The van der Waals surface area contributed by atoms with Crippen molar-refractivity contribution < 1.29 is 31.0 Å². The van der Waals surface area contributed by atoms with Crippen LogP contribution in [0.2, 0.25) is 0 Å². The summed E-state index contributed by atoms with van der Waals surface area (Å²) in [6.45, 7) is 11.1. The van der Waals surface area contributed by atoms with Crippen LogP contribution in [0.3, 0.4) is 0 Å². The van der Waals surface area contributed by atoms with E-state index in [-0.39, 0.29) is 54.7 Å². The van der Waals surface area contributed by atoms with Gasteiger partial charge in [0, 0.05) is 21.6 Å². The second-order valence-corrected chi connectivity index (χ2v) is 18.8. The molecule has 0 unspecified atom stereocenters. The maximum atomic E-state index is 11.8. The van der Waals surface area contributed by atoms with Gasteiger partial charge in [0.25, 0.3) is 32.1 Å². The number of nitrogens with two attached hydrogens (primary N) is 2. The van der Waals surface area contributed by atoms with E-state index in [1.54, 1.807) is 0 Å². The van der Waals surface area contributed by atoms with Crippen LogP contribution >= 0.6 is 23.1 Å². The van der Waals surface area contributed by atoms with Gasteiger partial charge in [-0.15, -0.1) is 20.5 Å². The van der Waals surface area contributed by atoms with Gasteiger partial charge in [0.15, 0.2) is 33.0 Å².